The molecule has 1 aromatic heterocycles. The van der Waals surface area contributed by atoms with Crippen LogP contribution in [0.4, 0.5) is 0 Å². The van der Waals surface area contributed by atoms with Gasteiger partial charge in [-0.15, -0.1) is 0 Å². The number of fused-ring (bicyclic) bond motifs is 1. The van der Waals surface area contributed by atoms with Crippen LogP contribution in [0, 0.1) is 0 Å². The molecule has 0 spiro atoms. The Balaban J connectivity index is 2.83. The summed E-state index contributed by atoms with van der Waals surface area (Å²) in [5.74, 6) is -1.96. The molecule has 0 fully saturated rings. The lowest BCUT2D eigenvalue weighted by molar-refractivity contribution is 0.0664. The second kappa shape index (κ2) is 3.82. The third kappa shape index (κ3) is 1.59. The highest BCUT2D eigenvalue weighted by Crippen LogP contribution is 2.38. The number of benzene rings is 1. The maximum absolute atomic E-state index is 10.7. The molecule has 0 bridgehead atoms. The summed E-state index contributed by atoms with van der Waals surface area (Å²) in [6.45, 7) is 0. The summed E-state index contributed by atoms with van der Waals surface area (Å²) in [4.78, 5) is 21.5. The van der Waals surface area contributed by atoms with Gasteiger partial charge in [-0.2, -0.15) is 0 Å². The van der Waals surface area contributed by atoms with E-state index in [0.29, 0.717) is 11.7 Å². The molecule has 2 N–H and O–H groups in total. The first-order chi connectivity index (χ1) is 8.08. The van der Waals surface area contributed by atoms with Crippen LogP contribution in [0.3, 0.4) is 0 Å². The van der Waals surface area contributed by atoms with E-state index in [0.717, 1.165) is 0 Å². The molecule has 6 heteroatoms. The number of carboxylic acids is 1. The first kappa shape index (κ1) is 11.0. The highest BCUT2D eigenvalue weighted by atomic mass is 16.5. The molecule has 0 radical (unpaired) electrons. The van der Waals surface area contributed by atoms with Gasteiger partial charge in [-0.1, -0.05) is 0 Å². The monoisotopic (exact) mass is 236 g/mol. The minimum absolute atomic E-state index is 0.00656. The molecule has 88 valence electrons. The molecule has 17 heavy (non-hydrogen) atoms. The summed E-state index contributed by atoms with van der Waals surface area (Å²) in [6.07, 6.45) is 0.449. The van der Waals surface area contributed by atoms with Gasteiger partial charge in [0, 0.05) is 5.39 Å². The fraction of sp³-hybridized carbons (Fsp3) is 0.0909. The van der Waals surface area contributed by atoms with E-state index in [-0.39, 0.29) is 28.4 Å². The molecule has 0 amide bonds. The number of aromatic hydroxyl groups is 1. The van der Waals surface area contributed by atoms with Gasteiger partial charge in [-0.25, -0.2) is 4.79 Å². The molecule has 0 saturated heterocycles. The van der Waals surface area contributed by atoms with Crippen molar-refractivity contribution in [3.05, 3.63) is 23.5 Å². The molecule has 1 heterocycles. The summed E-state index contributed by atoms with van der Waals surface area (Å²) in [6, 6.07) is 2.59. The Morgan fingerprint density at radius 2 is 2.18 bits per heavy atom. The van der Waals surface area contributed by atoms with Gasteiger partial charge in [-0.3, -0.25) is 4.79 Å². The minimum atomic E-state index is -1.24. The SMILES string of the molecule is COc1c(O)c(C=O)cc2cc(C(=O)O)oc12. The average molecular weight is 236 g/mol. The Morgan fingerprint density at radius 3 is 2.71 bits per heavy atom. The lowest BCUT2D eigenvalue weighted by Gasteiger charge is -2.05. The number of carboxylic acid groups (broad SMARTS) is 1. The molecule has 0 aliphatic carbocycles. The smallest absolute Gasteiger partial charge is 0.371 e. The van der Waals surface area contributed by atoms with Crippen molar-refractivity contribution < 1.29 is 29.0 Å². The topological polar surface area (TPSA) is 97.0 Å². The minimum Gasteiger partial charge on any atom is -0.504 e. The van der Waals surface area contributed by atoms with E-state index < -0.39 is 5.97 Å². The van der Waals surface area contributed by atoms with Crippen LogP contribution >= 0.6 is 0 Å². The Kier molecular flexibility index (Phi) is 2.47. The van der Waals surface area contributed by atoms with E-state index in [9.17, 15) is 14.7 Å². The van der Waals surface area contributed by atoms with Crippen LogP contribution in [0.5, 0.6) is 11.5 Å². The summed E-state index contributed by atoms with van der Waals surface area (Å²) in [7, 11) is 1.28. The normalized spacial score (nSPS) is 10.4. The fourth-order valence-corrected chi connectivity index (χ4v) is 1.55. The van der Waals surface area contributed by atoms with Crippen LogP contribution < -0.4 is 4.74 Å². The van der Waals surface area contributed by atoms with Crippen LogP contribution in [-0.2, 0) is 0 Å². The van der Waals surface area contributed by atoms with Crippen molar-refractivity contribution in [1.29, 1.82) is 0 Å². The van der Waals surface area contributed by atoms with Gasteiger partial charge in [0.2, 0.25) is 11.5 Å². The van der Waals surface area contributed by atoms with Crippen molar-refractivity contribution in [1.82, 2.24) is 0 Å². The highest BCUT2D eigenvalue weighted by molar-refractivity contribution is 5.98. The molecular weight excluding hydrogens is 228 g/mol. The van der Waals surface area contributed by atoms with Crippen LogP contribution in [0.1, 0.15) is 20.9 Å². The highest BCUT2D eigenvalue weighted by Gasteiger charge is 2.19. The molecule has 0 saturated carbocycles. The summed E-state index contributed by atoms with van der Waals surface area (Å²) >= 11 is 0. The molecular formula is C11H8O6. The Bertz CT molecular complexity index is 610. The van der Waals surface area contributed by atoms with Crippen molar-refractivity contribution in [3.8, 4) is 11.5 Å². The third-order valence-electron chi connectivity index (χ3n) is 2.31. The van der Waals surface area contributed by atoms with E-state index in [1.54, 1.807) is 0 Å². The number of furan rings is 1. The number of hydrogen-bond acceptors (Lipinski definition) is 5. The molecule has 6 nitrogen and oxygen atoms in total. The third-order valence-corrected chi connectivity index (χ3v) is 2.31. The number of carbonyl (C=O) groups is 2. The van der Waals surface area contributed by atoms with E-state index in [4.69, 9.17) is 14.3 Å². The Labute approximate surface area is 95.0 Å². The van der Waals surface area contributed by atoms with Crippen molar-refractivity contribution in [2.45, 2.75) is 0 Å². The maximum atomic E-state index is 10.7. The Hall–Kier alpha value is -2.50. The number of aldehydes is 1. The average Bonchev–Trinajstić information content (AvgIpc) is 2.72. The molecule has 0 unspecified atom stereocenters. The van der Waals surface area contributed by atoms with Crippen LogP contribution in [0.15, 0.2) is 16.5 Å². The van der Waals surface area contributed by atoms with Crippen molar-refractivity contribution in [3.63, 3.8) is 0 Å². The lowest BCUT2D eigenvalue weighted by atomic mass is 10.1. The van der Waals surface area contributed by atoms with Gasteiger partial charge in [0.05, 0.1) is 12.7 Å². The molecule has 0 aliphatic heterocycles. The number of phenols is 1. The predicted molar refractivity (Wildman–Crippen MR) is 56.8 cm³/mol. The maximum Gasteiger partial charge on any atom is 0.371 e. The van der Waals surface area contributed by atoms with Crippen LogP contribution in [-0.4, -0.2) is 29.6 Å². The number of aromatic carboxylic acids is 1. The quantitative estimate of drug-likeness (QED) is 0.786. The molecule has 2 aromatic rings. The van der Waals surface area contributed by atoms with E-state index in [2.05, 4.69) is 0 Å². The predicted octanol–water partition coefficient (Wildman–Crippen LogP) is 1.66. The summed E-state index contributed by atoms with van der Waals surface area (Å²) in [5, 5.41) is 18.8. The van der Waals surface area contributed by atoms with Crippen LogP contribution in [0.25, 0.3) is 11.0 Å². The van der Waals surface area contributed by atoms with Crippen molar-refractivity contribution >= 4 is 23.2 Å². The fourth-order valence-electron chi connectivity index (χ4n) is 1.55. The zero-order valence-corrected chi connectivity index (χ0v) is 8.76. The number of rotatable bonds is 3. The molecule has 2 rings (SSSR count). The molecule has 0 aliphatic rings. The number of hydrogen-bond donors (Lipinski definition) is 2. The first-order valence-corrected chi connectivity index (χ1v) is 4.60. The van der Waals surface area contributed by atoms with E-state index in [1.807, 2.05) is 0 Å². The van der Waals surface area contributed by atoms with Gasteiger partial charge in [0.25, 0.3) is 0 Å². The molecule has 1 aromatic carbocycles. The van der Waals surface area contributed by atoms with Gasteiger partial charge in [0.1, 0.15) is 0 Å². The number of methoxy groups -OCH3 is 1. The zero-order valence-electron chi connectivity index (χ0n) is 8.76. The second-order valence-corrected chi connectivity index (χ2v) is 3.30. The number of carbonyl (C=O) groups excluding carboxylic acids is 1. The van der Waals surface area contributed by atoms with E-state index in [1.165, 1.54) is 19.2 Å². The molecule has 0 atom stereocenters. The standard InChI is InChI=1S/C11H8O6/c1-16-10-8(13)6(4-12)2-5-3-7(11(14)15)17-9(5)10/h2-4,13H,1H3,(H,14,15). The number of phenolic OH excluding ortho intramolecular Hbond substituents is 1. The first-order valence-electron chi connectivity index (χ1n) is 4.60. The lowest BCUT2D eigenvalue weighted by Crippen LogP contribution is -1.91. The van der Waals surface area contributed by atoms with Gasteiger partial charge in [-0.05, 0) is 12.1 Å². The van der Waals surface area contributed by atoms with Crippen molar-refractivity contribution in [2.24, 2.45) is 0 Å². The zero-order chi connectivity index (χ0) is 12.6. The Morgan fingerprint density at radius 1 is 1.47 bits per heavy atom. The van der Waals surface area contributed by atoms with Crippen LogP contribution in [0.2, 0.25) is 0 Å². The van der Waals surface area contributed by atoms with Gasteiger partial charge in [0.15, 0.2) is 17.6 Å². The van der Waals surface area contributed by atoms with Gasteiger partial charge < -0.3 is 19.4 Å². The summed E-state index contributed by atoms with van der Waals surface area (Å²) in [5.41, 5.74) is 0.0973. The van der Waals surface area contributed by atoms with Crippen molar-refractivity contribution in [2.75, 3.05) is 7.11 Å². The number of ether oxygens (including phenoxy) is 1. The van der Waals surface area contributed by atoms with Gasteiger partial charge >= 0.3 is 5.97 Å². The largest absolute Gasteiger partial charge is 0.504 e. The summed E-state index contributed by atoms with van der Waals surface area (Å²) < 4.78 is 9.93. The van der Waals surface area contributed by atoms with E-state index >= 15 is 0 Å². The second-order valence-electron chi connectivity index (χ2n) is 3.30.